The second kappa shape index (κ2) is 6.18. The second-order valence-electron chi connectivity index (χ2n) is 5.71. The molecule has 3 rings (SSSR count). The summed E-state index contributed by atoms with van der Waals surface area (Å²) in [4.78, 5) is 16.3. The summed E-state index contributed by atoms with van der Waals surface area (Å²) >= 11 is 0. The Morgan fingerprint density at radius 2 is 2.17 bits per heavy atom. The third-order valence-electron chi connectivity index (χ3n) is 4.01. The van der Waals surface area contributed by atoms with E-state index in [4.69, 9.17) is 0 Å². The maximum atomic E-state index is 12.5. The predicted octanol–water partition coefficient (Wildman–Crippen LogP) is 2.74. The van der Waals surface area contributed by atoms with Crippen LogP contribution < -0.4 is 10.1 Å². The molecule has 1 aliphatic rings. The molecule has 0 saturated heterocycles. The van der Waals surface area contributed by atoms with Gasteiger partial charge in [0.05, 0.1) is 6.54 Å². The van der Waals surface area contributed by atoms with E-state index in [1.807, 2.05) is 7.05 Å². The van der Waals surface area contributed by atoms with Gasteiger partial charge in [-0.3, -0.25) is 4.79 Å². The lowest BCUT2D eigenvalue weighted by Crippen LogP contribution is -2.26. The van der Waals surface area contributed by atoms with Crippen molar-refractivity contribution in [2.24, 2.45) is 13.0 Å². The van der Waals surface area contributed by atoms with Gasteiger partial charge in [-0.2, -0.15) is 0 Å². The molecule has 1 aromatic heterocycles. The van der Waals surface area contributed by atoms with Gasteiger partial charge in [0, 0.05) is 25.4 Å². The summed E-state index contributed by atoms with van der Waals surface area (Å²) in [5.41, 5.74) is 0.409. The third kappa shape index (κ3) is 3.69. The van der Waals surface area contributed by atoms with E-state index in [0.29, 0.717) is 17.8 Å². The molecule has 5 nitrogen and oxygen atoms in total. The molecule has 0 bridgehead atoms. The lowest BCUT2D eigenvalue weighted by Gasteiger charge is -2.13. The highest BCUT2D eigenvalue weighted by Crippen LogP contribution is 2.51. The van der Waals surface area contributed by atoms with E-state index in [0.717, 1.165) is 0 Å². The first-order valence-electron chi connectivity index (χ1n) is 7.44. The minimum absolute atomic E-state index is 0.190. The van der Waals surface area contributed by atoms with Crippen LogP contribution in [0.15, 0.2) is 36.7 Å². The highest BCUT2D eigenvalue weighted by Gasteiger charge is 2.46. The smallest absolute Gasteiger partial charge is 0.405 e. The van der Waals surface area contributed by atoms with E-state index in [1.54, 1.807) is 29.1 Å². The Bertz CT molecular complexity index is 742. The van der Waals surface area contributed by atoms with Crippen molar-refractivity contribution < 1.29 is 22.7 Å². The van der Waals surface area contributed by atoms with Gasteiger partial charge in [0.25, 0.3) is 0 Å². The molecular formula is C16H16F3N3O2. The van der Waals surface area contributed by atoms with E-state index in [2.05, 4.69) is 15.0 Å². The van der Waals surface area contributed by atoms with Crippen LogP contribution in [-0.4, -0.2) is 21.8 Å². The minimum atomic E-state index is -4.75. The van der Waals surface area contributed by atoms with E-state index in [-0.39, 0.29) is 30.0 Å². The maximum absolute atomic E-state index is 12.5. The zero-order valence-corrected chi connectivity index (χ0v) is 12.9. The van der Waals surface area contributed by atoms with Crippen molar-refractivity contribution >= 4 is 5.91 Å². The van der Waals surface area contributed by atoms with Gasteiger partial charge >= 0.3 is 6.36 Å². The van der Waals surface area contributed by atoms with Crippen LogP contribution in [0.4, 0.5) is 13.2 Å². The Balaban J connectivity index is 1.63. The molecule has 1 N–H and O–H groups in total. The van der Waals surface area contributed by atoms with Gasteiger partial charge in [0.1, 0.15) is 11.6 Å². The van der Waals surface area contributed by atoms with Crippen LogP contribution >= 0.6 is 0 Å². The molecule has 128 valence electrons. The summed E-state index contributed by atoms with van der Waals surface area (Å²) in [5, 5.41) is 2.77. The normalized spacial score (nSPS) is 19.8. The monoisotopic (exact) mass is 339 g/mol. The molecule has 1 aliphatic carbocycles. The molecule has 1 aromatic carbocycles. The van der Waals surface area contributed by atoms with Crippen LogP contribution in [0.2, 0.25) is 0 Å². The number of aromatic nitrogens is 2. The van der Waals surface area contributed by atoms with Crippen LogP contribution in [0.1, 0.15) is 23.7 Å². The van der Waals surface area contributed by atoms with Gasteiger partial charge in [0.15, 0.2) is 0 Å². The quantitative estimate of drug-likeness (QED) is 0.911. The summed E-state index contributed by atoms with van der Waals surface area (Å²) in [6, 6.07) is 5.95. The fourth-order valence-electron chi connectivity index (χ4n) is 2.70. The number of amides is 1. The first kappa shape index (κ1) is 16.4. The van der Waals surface area contributed by atoms with Crippen molar-refractivity contribution in [1.82, 2.24) is 14.9 Å². The Labute approximate surface area is 136 Å². The number of para-hydroxylation sites is 1. The molecular weight excluding hydrogens is 323 g/mol. The fourth-order valence-corrected chi connectivity index (χ4v) is 2.70. The van der Waals surface area contributed by atoms with E-state index in [9.17, 15) is 18.0 Å². The first-order chi connectivity index (χ1) is 11.3. The Morgan fingerprint density at radius 1 is 1.42 bits per heavy atom. The fraction of sp³-hybridized carbons (Fsp3) is 0.375. The van der Waals surface area contributed by atoms with Gasteiger partial charge in [-0.15, -0.1) is 13.2 Å². The third-order valence-corrected chi connectivity index (χ3v) is 4.01. The number of rotatable bonds is 5. The van der Waals surface area contributed by atoms with Crippen LogP contribution in [0.25, 0.3) is 0 Å². The van der Waals surface area contributed by atoms with E-state index >= 15 is 0 Å². The number of ether oxygens (including phenoxy) is 1. The van der Waals surface area contributed by atoms with Gasteiger partial charge < -0.3 is 14.6 Å². The standard InChI is InChI=1S/C16H16F3N3O2/c1-22-7-6-20-14(22)9-21-15(23)12-8-11(12)10-4-2-3-5-13(10)24-16(17,18)19/h2-7,11-12H,8-9H2,1H3,(H,21,23)/t11-,12+/m1/s1. The van der Waals surface area contributed by atoms with Gasteiger partial charge in [-0.1, -0.05) is 18.2 Å². The number of aryl methyl sites for hydroxylation is 1. The molecule has 0 spiro atoms. The lowest BCUT2D eigenvalue weighted by atomic mass is 10.1. The number of nitrogens with zero attached hydrogens (tertiary/aromatic N) is 2. The number of benzene rings is 1. The van der Waals surface area contributed by atoms with E-state index in [1.165, 1.54) is 12.1 Å². The molecule has 1 heterocycles. The molecule has 1 saturated carbocycles. The second-order valence-corrected chi connectivity index (χ2v) is 5.71. The topological polar surface area (TPSA) is 56.2 Å². The minimum Gasteiger partial charge on any atom is -0.405 e. The van der Waals surface area contributed by atoms with Gasteiger partial charge in [0.2, 0.25) is 5.91 Å². The largest absolute Gasteiger partial charge is 0.573 e. The number of imidazole rings is 1. The number of carbonyl (C=O) groups excluding carboxylic acids is 1. The Hall–Kier alpha value is -2.51. The molecule has 0 aliphatic heterocycles. The summed E-state index contributed by atoms with van der Waals surface area (Å²) in [7, 11) is 1.82. The average molecular weight is 339 g/mol. The maximum Gasteiger partial charge on any atom is 0.573 e. The van der Waals surface area contributed by atoms with Gasteiger partial charge in [-0.05, 0) is 24.0 Å². The molecule has 24 heavy (non-hydrogen) atoms. The summed E-state index contributed by atoms with van der Waals surface area (Å²) in [6.07, 6.45) is -0.843. The molecule has 2 aromatic rings. The number of carbonyl (C=O) groups is 1. The predicted molar refractivity (Wildman–Crippen MR) is 79.0 cm³/mol. The molecule has 1 fully saturated rings. The summed E-state index contributed by atoms with van der Waals surface area (Å²) in [5.74, 6) is -0.325. The summed E-state index contributed by atoms with van der Waals surface area (Å²) in [6.45, 7) is 0.284. The molecule has 1 amide bonds. The Morgan fingerprint density at radius 3 is 2.83 bits per heavy atom. The van der Waals surface area contributed by atoms with Crippen molar-refractivity contribution in [2.75, 3.05) is 0 Å². The average Bonchev–Trinajstić information content (AvgIpc) is 3.20. The van der Waals surface area contributed by atoms with Crippen LogP contribution in [0, 0.1) is 5.92 Å². The first-order valence-corrected chi connectivity index (χ1v) is 7.44. The Kier molecular flexibility index (Phi) is 4.21. The highest BCUT2D eigenvalue weighted by molar-refractivity contribution is 5.83. The van der Waals surface area contributed by atoms with Crippen LogP contribution in [-0.2, 0) is 18.4 Å². The number of halogens is 3. The molecule has 8 heteroatoms. The van der Waals surface area contributed by atoms with Crippen molar-refractivity contribution in [3.63, 3.8) is 0 Å². The number of alkyl halides is 3. The lowest BCUT2D eigenvalue weighted by molar-refractivity contribution is -0.274. The zero-order valence-electron chi connectivity index (χ0n) is 12.9. The molecule has 0 radical (unpaired) electrons. The summed E-state index contributed by atoms with van der Waals surface area (Å²) < 4.78 is 43.2. The van der Waals surface area contributed by atoms with Crippen molar-refractivity contribution in [3.05, 3.63) is 48.0 Å². The van der Waals surface area contributed by atoms with Crippen LogP contribution in [0.3, 0.4) is 0 Å². The van der Waals surface area contributed by atoms with E-state index < -0.39 is 6.36 Å². The number of hydrogen-bond donors (Lipinski definition) is 1. The van der Waals surface area contributed by atoms with Crippen molar-refractivity contribution in [3.8, 4) is 5.75 Å². The highest BCUT2D eigenvalue weighted by atomic mass is 19.4. The zero-order chi connectivity index (χ0) is 17.3. The van der Waals surface area contributed by atoms with Gasteiger partial charge in [-0.25, -0.2) is 4.98 Å². The molecule has 0 unspecified atom stereocenters. The number of hydrogen-bond acceptors (Lipinski definition) is 3. The van der Waals surface area contributed by atoms with Crippen molar-refractivity contribution in [1.29, 1.82) is 0 Å². The van der Waals surface area contributed by atoms with Crippen molar-refractivity contribution in [2.45, 2.75) is 25.2 Å². The molecule has 2 atom stereocenters. The SMILES string of the molecule is Cn1ccnc1CNC(=O)[C@H]1C[C@@H]1c1ccccc1OC(F)(F)F. The number of nitrogens with one attached hydrogen (secondary N) is 1. The van der Waals surface area contributed by atoms with Crippen LogP contribution in [0.5, 0.6) is 5.75 Å².